The molecule has 0 spiro atoms. The fraction of sp³-hybridized carbons (Fsp3) is 0.667. The van der Waals surface area contributed by atoms with Crippen molar-refractivity contribution in [3.63, 3.8) is 0 Å². The molecule has 6 heteroatoms. The van der Waals surface area contributed by atoms with Crippen molar-refractivity contribution in [2.24, 2.45) is 0 Å². The topological polar surface area (TPSA) is 71.1 Å². The minimum atomic E-state index is -0.983. The largest absolute Gasteiger partial charge is 0.543 e. The quantitative estimate of drug-likeness (QED) is 0.302. The molecule has 0 atom stereocenters. The maximum atomic E-state index is 12.0. The van der Waals surface area contributed by atoms with Crippen LogP contribution in [0.3, 0.4) is 0 Å². The fourth-order valence-electron chi connectivity index (χ4n) is 3.63. The molecule has 0 bridgehead atoms. The molecule has 0 saturated heterocycles. The lowest BCUT2D eigenvalue weighted by molar-refractivity contribution is -0.453. The molecule has 0 unspecified atom stereocenters. The van der Waals surface area contributed by atoms with Crippen LogP contribution in [0.5, 0.6) is 0 Å². The molecule has 0 aromatic heterocycles. The Bertz CT molecular complexity index is 635. The Kier molecular flexibility index (Phi) is 10.1. The van der Waals surface area contributed by atoms with Crippen LogP contribution in [-0.4, -0.2) is 18.2 Å². The lowest BCUT2D eigenvalue weighted by Crippen LogP contribution is -2.20. The summed E-state index contributed by atoms with van der Waals surface area (Å²) in [6.45, 7) is 6.27. The second-order valence-corrected chi connectivity index (χ2v) is 9.10. The normalized spacial score (nSPS) is 17.3. The van der Waals surface area contributed by atoms with Crippen LogP contribution in [0.25, 0.3) is 0 Å². The van der Waals surface area contributed by atoms with Gasteiger partial charge in [0.25, 0.3) is 0 Å². The maximum absolute atomic E-state index is 12.0. The average Bonchev–Trinajstić information content (AvgIpc) is 2.69. The second-order valence-electron chi connectivity index (χ2n) is 9.10. The Balaban J connectivity index is 1.72. The van der Waals surface area contributed by atoms with Crippen molar-refractivity contribution in [3.05, 3.63) is 35.4 Å². The Labute approximate surface area is 180 Å². The van der Waals surface area contributed by atoms with Gasteiger partial charge in [-0.1, -0.05) is 77.8 Å². The van der Waals surface area contributed by atoms with E-state index in [9.17, 15) is 9.59 Å². The van der Waals surface area contributed by atoms with E-state index in [4.69, 9.17) is 4.74 Å². The van der Waals surface area contributed by atoms with Gasteiger partial charge in [0.2, 0.25) is 0 Å². The van der Waals surface area contributed by atoms with Crippen LogP contribution in [0, 0.1) is 0 Å². The Morgan fingerprint density at radius 2 is 1.27 bits per heavy atom. The Morgan fingerprint density at radius 3 is 1.77 bits per heavy atom. The van der Waals surface area contributed by atoms with E-state index in [1.807, 2.05) is 12.1 Å². The SMILES string of the molecule is CC(C)(C)c1ccc(C(=O)OOOC(=O)OC2CCCCCCCCCCC2)cc1. The Hall–Kier alpha value is -2.08. The van der Waals surface area contributed by atoms with Gasteiger partial charge in [-0.25, -0.2) is 14.5 Å². The van der Waals surface area contributed by atoms with Gasteiger partial charge in [0, 0.05) is 0 Å². The minimum Gasteiger partial charge on any atom is -0.429 e. The summed E-state index contributed by atoms with van der Waals surface area (Å²) in [5, 5.41) is 4.36. The predicted octanol–water partition coefficient (Wildman–Crippen LogP) is 6.81. The summed E-state index contributed by atoms with van der Waals surface area (Å²) in [5.74, 6) is -0.741. The van der Waals surface area contributed by atoms with Gasteiger partial charge in [0.05, 0.1) is 10.6 Å². The highest BCUT2D eigenvalue weighted by atomic mass is 17.5. The summed E-state index contributed by atoms with van der Waals surface area (Å²) < 4.78 is 5.36. The molecule has 1 aromatic rings. The molecule has 0 radical (unpaired) electrons. The maximum Gasteiger partial charge on any atom is 0.543 e. The zero-order valence-electron chi connectivity index (χ0n) is 18.6. The highest BCUT2D eigenvalue weighted by Crippen LogP contribution is 2.22. The monoisotopic (exact) mass is 420 g/mol. The Morgan fingerprint density at radius 1 is 0.767 bits per heavy atom. The molecule has 1 aromatic carbocycles. The van der Waals surface area contributed by atoms with Gasteiger partial charge in [-0.2, -0.15) is 0 Å². The van der Waals surface area contributed by atoms with E-state index in [1.165, 1.54) is 32.1 Å². The van der Waals surface area contributed by atoms with E-state index in [0.717, 1.165) is 44.1 Å². The van der Waals surface area contributed by atoms with Gasteiger partial charge < -0.3 is 4.74 Å². The standard InChI is InChI=1S/C24H36O6/c1-24(2,3)20-17-15-19(16-18-20)22(25)28-30-29-23(26)27-21-13-11-9-7-5-4-6-8-10-12-14-21/h15-18,21H,4-14H2,1-3H3. The molecule has 0 N–H and O–H groups in total. The number of hydrogen-bond donors (Lipinski definition) is 0. The van der Waals surface area contributed by atoms with Crippen molar-refractivity contribution < 1.29 is 29.1 Å². The number of hydrogen-bond acceptors (Lipinski definition) is 6. The first-order valence-electron chi connectivity index (χ1n) is 11.2. The van der Waals surface area contributed by atoms with Crippen LogP contribution in [0.1, 0.15) is 107 Å². The summed E-state index contributed by atoms with van der Waals surface area (Å²) in [6, 6.07) is 7.01. The number of carbonyl (C=O) groups is 2. The highest BCUT2D eigenvalue weighted by molar-refractivity contribution is 5.88. The lowest BCUT2D eigenvalue weighted by atomic mass is 9.87. The summed E-state index contributed by atoms with van der Waals surface area (Å²) in [4.78, 5) is 33.0. The van der Waals surface area contributed by atoms with Crippen LogP contribution in [0.2, 0.25) is 0 Å². The van der Waals surface area contributed by atoms with Gasteiger partial charge in [0.1, 0.15) is 6.10 Å². The smallest absolute Gasteiger partial charge is 0.429 e. The predicted molar refractivity (Wildman–Crippen MR) is 114 cm³/mol. The molecular formula is C24H36O6. The van der Waals surface area contributed by atoms with Gasteiger partial charge >= 0.3 is 12.1 Å². The summed E-state index contributed by atoms with van der Waals surface area (Å²) in [5.41, 5.74) is 1.38. The molecule has 30 heavy (non-hydrogen) atoms. The molecule has 0 heterocycles. The van der Waals surface area contributed by atoms with Gasteiger partial charge in [-0.15, -0.1) is 0 Å². The third kappa shape index (κ3) is 9.16. The molecule has 1 fully saturated rings. The summed E-state index contributed by atoms with van der Waals surface area (Å²) in [6.07, 6.45) is 11.2. The van der Waals surface area contributed by atoms with Crippen LogP contribution in [0.4, 0.5) is 4.79 Å². The number of ether oxygens (including phenoxy) is 1. The van der Waals surface area contributed by atoms with Gasteiger partial charge in [-0.05, 0) is 48.8 Å². The first kappa shape index (κ1) is 24.2. The molecule has 1 aliphatic rings. The van der Waals surface area contributed by atoms with Gasteiger partial charge in [0.15, 0.2) is 0 Å². The first-order chi connectivity index (χ1) is 14.4. The third-order valence-corrected chi connectivity index (χ3v) is 5.51. The van der Waals surface area contributed by atoms with Crippen molar-refractivity contribution >= 4 is 12.1 Å². The molecule has 0 aliphatic heterocycles. The number of rotatable bonds is 4. The molecular weight excluding hydrogens is 384 g/mol. The van der Waals surface area contributed by atoms with E-state index in [2.05, 4.69) is 35.6 Å². The van der Waals surface area contributed by atoms with Crippen LogP contribution >= 0.6 is 0 Å². The highest BCUT2D eigenvalue weighted by Gasteiger charge is 2.19. The molecule has 1 aliphatic carbocycles. The van der Waals surface area contributed by atoms with Gasteiger partial charge in [-0.3, -0.25) is 4.89 Å². The summed E-state index contributed by atoms with van der Waals surface area (Å²) >= 11 is 0. The molecule has 168 valence electrons. The zero-order valence-corrected chi connectivity index (χ0v) is 18.6. The summed E-state index contributed by atoms with van der Waals surface area (Å²) in [7, 11) is 0. The van der Waals surface area contributed by atoms with E-state index >= 15 is 0 Å². The van der Waals surface area contributed by atoms with Crippen LogP contribution < -0.4 is 0 Å². The fourth-order valence-corrected chi connectivity index (χ4v) is 3.63. The molecule has 2 rings (SSSR count). The van der Waals surface area contributed by atoms with E-state index < -0.39 is 12.1 Å². The molecule has 6 nitrogen and oxygen atoms in total. The zero-order chi connectivity index (χ0) is 21.8. The van der Waals surface area contributed by atoms with Crippen molar-refractivity contribution in [2.45, 2.75) is 103 Å². The van der Waals surface area contributed by atoms with Crippen LogP contribution in [-0.2, 0) is 25.0 Å². The van der Waals surface area contributed by atoms with E-state index in [1.54, 1.807) is 12.1 Å². The van der Waals surface area contributed by atoms with E-state index in [-0.39, 0.29) is 11.5 Å². The second kappa shape index (κ2) is 12.6. The van der Waals surface area contributed by atoms with Crippen molar-refractivity contribution in [3.8, 4) is 0 Å². The third-order valence-electron chi connectivity index (χ3n) is 5.51. The van der Waals surface area contributed by atoms with Crippen molar-refractivity contribution in [1.82, 2.24) is 0 Å². The molecule has 1 saturated carbocycles. The van der Waals surface area contributed by atoms with Crippen molar-refractivity contribution in [1.29, 1.82) is 0 Å². The van der Waals surface area contributed by atoms with E-state index in [0.29, 0.717) is 5.56 Å². The number of benzene rings is 1. The first-order valence-corrected chi connectivity index (χ1v) is 11.2. The lowest BCUT2D eigenvalue weighted by Gasteiger charge is -2.18. The average molecular weight is 421 g/mol. The molecule has 0 amide bonds. The van der Waals surface area contributed by atoms with Crippen molar-refractivity contribution in [2.75, 3.05) is 0 Å². The minimum absolute atomic E-state index is 0.0146. The van der Waals surface area contributed by atoms with Crippen LogP contribution in [0.15, 0.2) is 24.3 Å². The number of carbonyl (C=O) groups excluding carboxylic acids is 2.